The highest BCUT2D eigenvalue weighted by molar-refractivity contribution is 5.85. The molecule has 0 aliphatic rings. The molecule has 0 saturated heterocycles. The van der Waals surface area contributed by atoms with Gasteiger partial charge in [-0.2, -0.15) is 0 Å². The maximum absolute atomic E-state index is 5.51. The molecule has 1 aromatic carbocycles. The predicted octanol–water partition coefficient (Wildman–Crippen LogP) is 3.58. The summed E-state index contributed by atoms with van der Waals surface area (Å²) in [7, 11) is 3.31. The van der Waals surface area contributed by atoms with Crippen molar-refractivity contribution in [3.05, 3.63) is 48.0 Å². The molecule has 0 amide bonds. The maximum atomic E-state index is 5.51. The third-order valence-electron chi connectivity index (χ3n) is 4.35. The normalized spacial score (nSPS) is 11.2. The summed E-state index contributed by atoms with van der Waals surface area (Å²) >= 11 is 0. The Bertz CT molecular complexity index is 1100. The van der Waals surface area contributed by atoms with Crippen molar-refractivity contribution in [2.45, 2.75) is 13.8 Å². The van der Waals surface area contributed by atoms with E-state index in [1.165, 1.54) is 0 Å². The number of hydrogen-bond donors (Lipinski definition) is 0. The van der Waals surface area contributed by atoms with Gasteiger partial charge in [-0.1, -0.05) is 0 Å². The molecular formula is C19H18N4O2. The van der Waals surface area contributed by atoms with E-state index in [0.717, 1.165) is 50.8 Å². The number of imidazole rings is 1. The molecule has 0 fully saturated rings. The monoisotopic (exact) mass is 334 g/mol. The summed E-state index contributed by atoms with van der Waals surface area (Å²) in [5.41, 5.74) is 5.48. The van der Waals surface area contributed by atoms with Gasteiger partial charge in [0.2, 0.25) is 0 Å². The van der Waals surface area contributed by atoms with Crippen molar-refractivity contribution < 1.29 is 9.47 Å². The second-order valence-electron chi connectivity index (χ2n) is 5.83. The quantitative estimate of drug-likeness (QED) is 0.573. The van der Waals surface area contributed by atoms with E-state index in [1.54, 1.807) is 26.6 Å². The van der Waals surface area contributed by atoms with Gasteiger partial charge in [0.15, 0.2) is 5.82 Å². The second-order valence-corrected chi connectivity index (χ2v) is 5.83. The lowest BCUT2D eigenvalue weighted by Crippen LogP contribution is -1.99. The first kappa shape index (κ1) is 15.4. The van der Waals surface area contributed by atoms with E-state index in [-0.39, 0.29) is 0 Å². The van der Waals surface area contributed by atoms with Crippen LogP contribution >= 0.6 is 0 Å². The highest BCUT2D eigenvalue weighted by atomic mass is 16.5. The first-order valence-corrected chi connectivity index (χ1v) is 7.96. The second kappa shape index (κ2) is 5.73. The lowest BCUT2D eigenvalue weighted by molar-refractivity contribution is 0.415. The van der Waals surface area contributed by atoms with Crippen LogP contribution in [0.25, 0.3) is 27.9 Å². The van der Waals surface area contributed by atoms with Crippen LogP contribution in [0.1, 0.15) is 11.4 Å². The Morgan fingerprint density at radius 3 is 2.52 bits per heavy atom. The fourth-order valence-electron chi connectivity index (χ4n) is 3.23. The van der Waals surface area contributed by atoms with Crippen LogP contribution in [0, 0.1) is 13.8 Å². The number of methoxy groups -OCH3 is 2. The number of hydrogen-bond acceptors (Lipinski definition) is 5. The maximum Gasteiger partial charge on any atom is 0.150 e. The third kappa shape index (κ3) is 2.29. The standard InChI is InChI=1S/C19H18N4O2/c1-11-18-12(2)22-19(14-10-20-8-7-17(14)25-4)23(18)16-9-13(24-3)5-6-15(16)21-11/h5-10H,1-4H3. The number of aromatic nitrogens is 4. The molecule has 0 atom stereocenters. The van der Waals surface area contributed by atoms with E-state index in [1.807, 2.05) is 38.1 Å². The largest absolute Gasteiger partial charge is 0.497 e. The number of pyridine rings is 1. The summed E-state index contributed by atoms with van der Waals surface area (Å²) < 4.78 is 13.0. The van der Waals surface area contributed by atoms with E-state index >= 15 is 0 Å². The minimum atomic E-state index is 0.729. The van der Waals surface area contributed by atoms with Gasteiger partial charge in [-0.15, -0.1) is 0 Å². The molecule has 0 bridgehead atoms. The Balaban J connectivity index is 2.19. The summed E-state index contributed by atoms with van der Waals surface area (Å²) in [6, 6.07) is 7.68. The molecule has 0 saturated carbocycles. The third-order valence-corrected chi connectivity index (χ3v) is 4.35. The zero-order valence-corrected chi connectivity index (χ0v) is 14.6. The summed E-state index contributed by atoms with van der Waals surface area (Å²) in [4.78, 5) is 13.8. The van der Waals surface area contributed by atoms with Gasteiger partial charge in [0.1, 0.15) is 11.5 Å². The number of ether oxygens (including phenoxy) is 2. The van der Waals surface area contributed by atoms with Crippen molar-refractivity contribution in [2.24, 2.45) is 0 Å². The highest BCUT2D eigenvalue weighted by Crippen LogP contribution is 2.33. The van der Waals surface area contributed by atoms with Gasteiger partial charge in [0.25, 0.3) is 0 Å². The van der Waals surface area contributed by atoms with Crippen LogP contribution < -0.4 is 9.47 Å². The van der Waals surface area contributed by atoms with Gasteiger partial charge in [-0.3, -0.25) is 9.38 Å². The minimum absolute atomic E-state index is 0.729. The molecule has 6 heteroatoms. The predicted molar refractivity (Wildman–Crippen MR) is 96.3 cm³/mol. The lowest BCUT2D eigenvalue weighted by atomic mass is 10.2. The number of nitrogens with zero attached hydrogens (tertiary/aromatic N) is 4. The van der Waals surface area contributed by atoms with Crippen LogP contribution in [0.2, 0.25) is 0 Å². The van der Waals surface area contributed by atoms with E-state index in [0.29, 0.717) is 0 Å². The van der Waals surface area contributed by atoms with Gasteiger partial charge in [0, 0.05) is 18.5 Å². The lowest BCUT2D eigenvalue weighted by Gasteiger charge is -2.11. The number of benzene rings is 1. The van der Waals surface area contributed by atoms with E-state index in [2.05, 4.69) is 9.38 Å². The average Bonchev–Trinajstić information content (AvgIpc) is 2.99. The molecule has 0 unspecified atom stereocenters. The minimum Gasteiger partial charge on any atom is -0.497 e. The van der Waals surface area contributed by atoms with Crippen molar-refractivity contribution in [3.63, 3.8) is 0 Å². The summed E-state index contributed by atoms with van der Waals surface area (Å²) in [5, 5.41) is 0. The molecule has 4 aromatic rings. The van der Waals surface area contributed by atoms with Gasteiger partial charge < -0.3 is 9.47 Å². The van der Waals surface area contributed by atoms with E-state index in [9.17, 15) is 0 Å². The Morgan fingerprint density at radius 2 is 1.76 bits per heavy atom. The SMILES string of the molecule is COc1ccc2nc(C)c3c(C)nc(-c4cnccc4OC)n3c2c1. The summed E-state index contributed by atoms with van der Waals surface area (Å²) in [6.07, 6.45) is 3.48. The zero-order chi connectivity index (χ0) is 17.6. The fourth-order valence-corrected chi connectivity index (χ4v) is 3.23. The van der Waals surface area contributed by atoms with Crippen LogP contribution in [0.5, 0.6) is 11.5 Å². The topological polar surface area (TPSA) is 61.5 Å². The summed E-state index contributed by atoms with van der Waals surface area (Å²) in [6.45, 7) is 3.99. The molecule has 126 valence electrons. The van der Waals surface area contributed by atoms with Crippen molar-refractivity contribution in [1.29, 1.82) is 0 Å². The first-order valence-electron chi connectivity index (χ1n) is 7.96. The van der Waals surface area contributed by atoms with Gasteiger partial charge >= 0.3 is 0 Å². The number of rotatable bonds is 3. The molecule has 0 N–H and O–H groups in total. The number of fused-ring (bicyclic) bond motifs is 3. The Kier molecular flexibility index (Phi) is 3.53. The van der Waals surface area contributed by atoms with Crippen LogP contribution in [0.3, 0.4) is 0 Å². The zero-order valence-electron chi connectivity index (χ0n) is 14.6. The van der Waals surface area contributed by atoms with Crippen LogP contribution in [0.15, 0.2) is 36.7 Å². The molecule has 25 heavy (non-hydrogen) atoms. The van der Waals surface area contributed by atoms with Crippen molar-refractivity contribution >= 4 is 16.6 Å². The molecule has 3 aromatic heterocycles. The molecule has 3 heterocycles. The molecule has 4 rings (SSSR count). The van der Waals surface area contributed by atoms with Crippen LogP contribution in [0.4, 0.5) is 0 Å². The van der Waals surface area contributed by atoms with Crippen molar-refractivity contribution in [2.75, 3.05) is 14.2 Å². The summed E-state index contributed by atoms with van der Waals surface area (Å²) in [5.74, 6) is 2.28. The first-order chi connectivity index (χ1) is 12.1. The average molecular weight is 334 g/mol. The smallest absolute Gasteiger partial charge is 0.150 e. The molecule has 0 aliphatic heterocycles. The molecule has 0 aliphatic carbocycles. The van der Waals surface area contributed by atoms with Crippen LogP contribution in [-0.2, 0) is 0 Å². The Hall–Kier alpha value is -3.15. The van der Waals surface area contributed by atoms with Crippen molar-refractivity contribution in [1.82, 2.24) is 19.4 Å². The Labute approximate surface area is 145 Å². The van der Waals surface area contributed by atoms with Crippen LogP contribution in [-0.4, -0.2) is 33.6 Å². The highest BCUT2D eigenvalue weighted by Gasteiger charge is 2.19. The molecule has 0 spiro atoms. The van der Waals surface area contributed by atoms with Gasteiger partial charge in [0.05, 0.1) is 47.7 Å². The number of aryl methyl sites for hydroxylation is 2. The van der Waals surface area contributed by atoms with Gasteiger partial charge in [-0.25, -0.2) is 9.97 Å². The fraction of sp³-hybridized carbons (Fsp3) is 0.211. The van der Waals surface area contributed by atoms with E-state index in [4.69, 9.17) is 19.4 Å². The van der Waals surface area contributed by atoms with Crippen molar-refractivity contribution in [3.8, 4) is 22.9 Å². The molecular weight excluding hydrogens is 316 g/mol. The molecule has 6 nitrogen and oxygen atoms in total. The van der Waals surface area contributed by atoms with E-state index < -0.39 is 0 Å². The molecule has 0 radical (unpaired) electrons. The van der Waals surface area contributed by atoms with Gasteiger partial charge in [-0.05, 0) is 32.0 Å². The Morgan fingerprint density at radius 1 is 0.960 bits per heavy atom.